The highest BCUT2D eigenvalue weighted by molar-refractivity contribution is 6.13. The molecule has 10 rings (SSSR count). The van der Waals surface area contributed by atoms with Gasteiger partial charge in [0.15, 0.2) is 5.60 Å². The third-order valence-corrected chi connectivity index (χ3v) is 25.0. The van der Waals surface area contributed by atoms with Gasteiger partial charge in [-0.15, -0.1) is 0 Å². The molecule has 5 aromatic rings. The number of carbonyl (C=O) groups is 13. The smallest absolute Gasteiger partial charge is 0.407 e. The molecule has 10 N–H and O–H groups in total. The molecule has 1 saturated heterocycles. The summed E-state index contributed by atoms with van der Waals surface area (Å²) in [5, 5.41) is 31.7. The summed E-state index contributed by atoms with van der Waals surface area (Å²) in [4.78, 5) is 204. The second kappa shape index (κ2) is 42.0. The van der Waals surface area contributed by atoms with Crippen LogP contribution in [0.5, 0.6) is 0 Å². The van der Waals surface area contributed by atoms with Crippen LogP contribution in [0.3, 0.4) is 0 Å². The molecule has 0 saturated carbocycles. The van der Waals surface area contributed by atoms with E-state index in [-0.39, 0.29) is 117 Å². The van der Waals surface area contributed by atoms with Crippen LogP contribution in [0.25, 0.3) is 22.3 Å². The fourth-order valence-corrected chi connectivity index (χ4v) is 17.8. The summed E-state index contributed by atoms with van der Waals surface area (Å²) < 4.78 is 40.3. The van der Waals surface area contributed by atoms with Gasteiger partial charge in [-0.2, -0.15) is 0 Å². The van der Waals surface area contributed by atoms with E-state index in [0.717, 1.165) is 4.90 Å². The molecule has 6 heterocycles. The Labute approximate surface area is 727 Å². The summed E-state index contributed by atoms with van der Waals surface area (Å²) in [5.41, 5.74) is 7.69. The van der Waals surface area contributed by atoms with Crippen LogP contribution in [0.15, 0.2) is 83.7 Å². The van der Waals surface area contributed by atoms with E-state index in [2.05, 4.69) is 37.2 Å². The predicted molar refractivity (Wildman–Crippen MR) is 460 cm³/mol. The van der Waals surface area contributed by atoms with E-state index in [1.165, 1.54) is 59.8 Å². The van der Waals surface area contributed by atoms with Gasteiger partial charge in [0.2, 0.25) is 47.3 Å². The second-order valence-corrected chi connectivity index (χ2v) is 34.6. The van der Waals surface area contributed by atoms with Crippen molar-refractivity contribution in [1.82, 2.24) is 61.1 Å². The molecule has 5 aliphatic rings. The number of aryl methyl sites for hydroxylation is 1. The van der Waals surface area contributed by atoms with Gasteiger partial charge in [0.25, 0.3) is 17.4 Å². The first-order valence-electron chi connectivity index (χ1n) is 43.2. The zero-order chi connectivity index (χ0) is 91.3. The first-order valence-corrected chi connectivity index (χ1v) is 43.2. The van der Waals surface area contributed by atoms with Crippen molar-refractivity contribution in [3.63, 3.8) is 0 Å². The van der Waals surface area contributed by atoms with Gasteiger partial charge in [-0.05, 0) is 135 Å². The highest BCUT2D eigenvalue weighted by atomic mass is 19.1. The molecule has 676 valence electrons. The van der Waals surface area contributed by atoms with Gasteiger partial charge < -0.3 is 86.3 Å². The molecule has 13 atom stereocenters. The number of aromatic nitrogens is 2. The lowest BCUT2D eigenvalue weighted by molar-refractivity contribution is -0.169. The number of ether oxygens (including phenoxy) is 4. The quantitative estimate of drug-likeness (QED) is 0.0108. The van der Waals surface area contributed by atoms with Crippen LogP contribution in [0.1, 0.15) is 190 Å². The number of pyridine rings is 2. The standard InChI is InChI=1S/C91H121FN14O19/c1-16-51(8)79(103(13)87(117)76(49(4)5)101-85(115)78(50(6)7)102(12)69(107)29-21-18-22-39-105-70(108)36-37-71(105)109)68(122-14)44-72(110)104-40-24-28-66(104)80(123-15)53(10)81(111)98-65(41-54-25-19-17-20-26-54)83(113)100-75(48(2)3)84(114)97-63(27-23-38-94-89(93)119)82(112)95-56-32-30-55(31-33-56)46-125-90(120)99-62-35-34-57-52(9)61(92)43-64-73(57)74(62)58-45-106-67(77(58)96-64)42-60-59(86(106)116)47-124-88(118)91(60,11)121/h17,19-20,25-26,30-33,36-37,42-43,48-51,53,62-63,65-66,68,75-76,78-80,121H,16,18,21-24,27-29,34-35,38-41,44-47H2,1-15H3,(H,95,112)(H,97,114)(H,98,111)(H,99,120)(H,100,113)(H,101,115)(H3,93,94,119)/t51-,53+,62?,63-,65-,66-,68+,75-,76-,78-,79-,80+,91-/m0/s1. The molecule has 125 heavy (non-hydrogen) atoms. The summed E-state index contributed by atoms with van der Waals surface area (Å²) in [6.45, 7) is 19.1. The highest BCUT2D eigenvalue weighted by Crippen LogP contribution is 2.46. The molecule has 0 bridgehead atoms. The molecule has 0 spiro atoms. The maximum atomic E-state index is 15.6. The summed E-state index contributed by atoms with van der Waals surface area (Å²) in [7, 11) is 6.09. The Morgan fingerprint density at radius 2 is 1.42 bits per heavy atom. The van der Waals surface area contributed by atoms with E-state index in [4.69, 9.17) is 29.7 Å². The van der Waals surface area contributed by atoms with Crippen LogP contribution < -0.4 is 48.5 Å². The number of imide groups is 1. The number of likely N-dealkylation sites (N-methyl/N-ethyl adjacent to an activating group) is 2. The number of esters is 1. The largest absolute Gasteiger partial charge is 0.458 e. The number of halogens is 1. The Bertz CT molecular complexity index is 4960. The van der Waals surface area contributed by atoms with Crippen molar-refractivity contribution in [1.29, 1.82) is 0 Å². The number of benzene rings is 3. The molecular weight excluding hydrogens is 1610 g/mol. The summed E-state index contributed by atoms with van der Waals surface area (Å²) >= 11 is 0. The zero-order valence-corrected chi connectivity index (χ0v) is 74.0. The van der Waals surface area contributed by atoms with E-state index in [1.54, 1.807) is 115 Å². The fraction of sp³-hybridized carbons (Fsp3) is 0.549. The molecule has 1 unspecified atom stereocenters. The fourth-order valence-electron chi connectivity index (χ4n) is 17.8. The summed E-state index contributed by atoms with van der Waals surface area (Å²) in [5.74, 6) is -9.03. The number of nitrogens with zero attached hydrogens (tertiary/aromatic N) is 6. The Hall–Kier alpha value is -11.5. The van der Waals surface area contributed by atoms with Crippen molar-refractivity contribution in [3.8, 4) is 11.4 Å². The number of amides is 13. The van der Waals surface area contributed by atoms with E-state index in [0.29, 0.717) is 114 Å². The van der Waals surface area contributed by atoms with Gasteiger partial charge in [0.1, 0.15) is 49.2 Å². The number of hydrogen-bond acceptors (Lipinski definition) is 20. The Kier molecular flexibility index (Phi) is 32.1. The number of anilines is 1. The molecule has 3 aromatic carbocycles. The van der Waals surface area contributed by atoms with E-state index >= 15 is 4.39 Å². The number of methoxy groups -OCH3 is 2. The number of aliphatic hydroxyl groups is 1. The minimum atomic E-state index is -2.12. The van der Waals surface area contributed by atoms with Gasteiger partial charge in [0, 0.05) is 101 Å². The number of primary amides is 1. The van der Waals surface area contributed by atoms with Crippen LogP contribution in [0.2, 0.25) is 0 Å². The monoisotopic (exact) mass is 1730 g/mol. The van der Waals surface area contributed by atoms with Crippen molar-refractivity contribution in [2.45, 2.75) is 246 Å². The van der Waals surface area contributed by atoms with Crippen molar-refractivity contribution in [3.05, 3.63) is 140 Å². The molecule has 1 fully saturated rings. The molecule has 0 radical (unpaired) electrons. The SMILES string of the molecule is CC[C@H](C)[C@@H]([C@@H](CC(=O)N1CCC[C@H]1[C@H](OC)[C@@H](C)C(=O)N[C@@H](Cc1ccccc1)C(=O)N[C@H](C(=O)N[C@@H](CCCNC(N)=O)C(=O)Nc1ccc(COC(=O)NC2CCc3c(C)c(F)cc4nc5c(c2c34)Cn2c-5cc3c(c2=O)COC(=O)[C@@]3(C)O)cc1)C(C)C)OC)N(C)C(=O)[C@@H](NC(=O)[C@H](C(C)C)N(C)C(=O)CCCCCN1C(=O)C=CC1=O)C(C)C. The number of cyclic esters (lactones) is 1. The number of likely N-dealkylation sites (tertiary alicyclic amines) is 1. The van der Waals surface area contributed by atoms with Crippen molar-refractivity contribution < 1.29 is 90.8 Å². The third-order valence-electron chi connectivity index (χ3n) is 25.0. The van der Waals surface area contributed by atoms with Gasteiger partial charge in [-0.25, -0.2) is 23.8 Å². The molecule has 1 aliphatic carbocycles. The predicted octanol–water partition coefficient (Wildman–Crippen LogP) is 6.82. The zero-order valence-electron chi connectivity index (χ0n) is 74.0. The number of fused-ring (bicyclic) bond motifs is 5. The maximum Gasteiger partial charge on any atom is 0.407 e. The van der Waals surface area contributed by atoms with E-state index in [1.807, 2.05) is 27.7 Å². The average molecular weight is 1730 g/mol. The van der Waals surface area contributed by atoms with E-state index in [9.17, 15) is 72.2 Å². The van der Waals surface area contributed by atoms with Crippen molar-refractivity contribution in [2.24, 2.45) is 35.3 Å². The van der Waals surface area contributed by atoms with Gasteiger partial charge in [-0.3, -0.25) is 57.6 Å². The number of rotatable bonds is 40. The number of carbonyl (C=O) groups excluding carboxylic acids is 13. The Morgan fingerprint density at radius 3 is 2.06 bits per heavy atom. The van der Waals surface area contributed by atoms with Crippen molar-refractivity contribution in [2.75, 3.05) is 53.3 Å². The van der Waals surface area contributed by atoms with E-state index < -0.39 is 149 Å². The molecule has 4 aliphatic heterocycles. The molecule has 33 nitrogen and oxygen atoms in total. The van der Waals surface area contributed by atoms with Crippen LogP contribution >= 0.6 is 0 Å². The number of nitrogens with one attached hydrogen (secondary N) is 7. The lowest BCUT2D eigenvalue weighted by Crippen LogP contribution is -2.60. The number of unbranched alkanes of at least 4 members (excludes halogenated alkanes) is 2. The maximum absolute atomic E-state index is 15.6. The minimum absolute atomic E-state index is 0.0188. The summed E-state index contributed by atoms with van der Waals surface area (Å²) in [6.07, 6.45) is 3.75. The number of urea groups is 1. The average Bonchev–Trinajstić information content (AvgIpc) is 1.57. The molecular formula is C91H121FN14O19. The molecule has 2 aromatic heterocycles. The number of alkyl carbamates (subject to hydrolysis) is 1. The van der Waals surface area contributed by atoms with Gasteiger partial charge in [-0.1, -0.05) is 118 Å². The van der Waals surface area contributed by atoms with Crippen LogP contribution in [-0.2, 0) is 110 Å². The number of hydrogen-bond donors (Lipinski definition) is 9. The normalized spacial score (nSPS) is 18.7. The minimum Gasteiger partial charge on any atom is -0.458 e. The first-order chi connectivity index (χ1) is 59.3. The lowest BCUT2D eigenvalue weighted by atomic mass is 9.81. The highest BCUT2D eigenvalue weighted by Gasteiger charge is 2.47. The Morgan fingerprint density at radius 1 is 0.744 bits per heavy atom. The lowest BCUT2D eigenvalue weighted by Gasteiger charge is -2.41. The van der Waals surface area contributed by atoms with Crippen molar-refractivity contribution >= 4 is 93.8 Å². The molecule has 34 heteroatoms. The molecule has 13 amide bonds. The van der Waals surface area contributed by atoms with Gasteiger partial charge >= 0.3 is 18.1 Å². The Balaban J connectivity index is 0.763. The number of nitrogens with two attached hydrogens (primary N) is 1. The third kappa shape index (κ3) is 22.1. The van der Waals surface area contributed by atoms with Crippen LogP contribution in [0, 0.1) is 42.3 Å². The second-order valence-electron chi connectivity index (χ2n) is 34.6. The van der Waals surface area contributed by atoms with Gasteiger partial charge in [0.05, 0.1) is 71.7 Å². The topological polar surface area (TPSA) is 437 Å². The first kappa shape index (κ1) is 95.7. The van der Waals surface area contributed by atoms with Crippen LogP contribution in [0.4, 0.5) is 19.7 Å². The summed E-state index contributed by atoms with van der Waals surface area (Å²) in [6, 6.07) is 9.46. The van der Waals surface area contributed by atoms with Crippen LogP contribution in [-0.4, -0.2) is 214 Å².